The van der Waals surface area contributed by atoms with Crippen LogP contribution in [0.3, 0.4) is 0 Å². The van der Waals surface area contributed by atoms with Gasteiger partial charge in [0.2, 0.25) is 0 Å². The number of hydrogen-bond acceptors (Lipinski definition) is 5. The smallest absolute Gasteiger partial charge is 0.134 e. The maximum atomic E-state index is 4.48. The third kappa shape index (κ3) is 4.84. The molecule has 134 valence electrons. The molecule has 1 aromatic carbocycles. The van der Waals surface area contributed by atoms with E-state index in [1.165, 1.54) is 30.5 Å². The number of aryl methyl sites for hydroxylation is 1. The van der Waals surface area contributed by atoms with Crippen molar-refractivity contribution < 1.29 is 0 Å². The number of hydrogen-bond donors (Lipinski definition) is 1. The van der Waals surface area contributed by atoms with E-state index in [4.69, 9.17) is 0 Å². The molecule has 0 spiro atoms. The van der Waals surface area contributed by atoms with Gasteiger partial charge in [-0.15, -0.1) is 0 Å². The molecule has 3 rings (SSSR count). The lowest BCUT2D eigenvalue weighted by Crippen LogP contribution is -2.46. The molecule has 1 aliphatic heterocycles. The Morgan fingerprint density at radius 2 is 1.80 bits per heavy atom. The number of benzene rings is 1. The number of unbranched alkanes of at least 4 members (excludes halogenated alkanes) is 2. The lowest BCUT2D eigenvalue weighted by atomic mass is 10.2. The maximum Gasteiger partial charge on any atom is 0.134 e. The summed E-state index contributed by atoms with van der Waals surface area (Å²) in [5, 5.41) is 3.41. The van der Waals surface area contributed by atoms with Gasteiger partial charge in [-0.1, -0.05) is 31.9 Å². The van der Waals surface area contributed by atoms with E-state index in [9.17, 15) is 0 Å². The van der Waals surface area contributed by atoms with Crippen LogP contribution in [-0.2, 0) is 0 Å². The highest BCUT2D eigenvalue weighted by Gasteiger charge is 2.18. The van der Waals surface area contributed by atoms with E-state index in [2.05, 4.69) is 69.3 Å². The molecule has 2 heterocycles. The summed E-state index contributed by atoms with van der Waals surface area (Å²) in [4.78, 5) is 13.6. The molecule has 2 aromatic rings. The Kier molecular flexibility index (Phi) is 6.09. The molecule has 0 bridgehead atoms. The summed E-state index contributed by atoms with van der Waals surface area (Å²) >= 11 is 0. The summed E-state index contributed by atoms with van der Waals surface area (Å²) in [6.45, 7) is 9.36. The number of nitrogens with one attached hydrogen (secondary N) is 1. The number of nitrogens with zero attached hydrogens (tertiary/aromatic N) is 4. The molecular formula is C20H29N5. The summed E-state index contributed by atoms with van der Waals surface area (Å²) < 4.78 is 0. The van der Waals surface area contributed by atoms with E-state index in [1.807, 2.05) is 0 Å². The van der Waals surface area contributed by atoms with Gasteiger partial charge in [0.25, 0.3) is 0 Å². The first kappa shape index (κ1) is 17.5. The van der Waals surface area contributed by atoms with Crippen LogP contribution in [0.2, 0.25) is 0 Å². The SMILES string of the molecule is CCCCCNc1cc(N2CCN(c3cccc(C)c3)CC2)ncn1. The van der Waals surface area contributed by atoms with Gasteiger partial charge in [0.15, 0.2) is 0 Å². The Morgan fingerprint density at radius 1 is 1.00 bits per heavy atom. The normalized spacial score (nSPS) is 14.6. The zero-order chi connectivity index (χ0) is 17.5. The first-order chi connectivity index (χ1) is 12.3. The van der Waals surface area contributed by atoms with E-state index in [0.29, 0.717) is 0 Å². The van der Waals surface area contributed by atoms with Gasteiger partial charge in [-0.3, -0.25) is 0 Å². The van der Waals surface area contributed by atoms with Crippen LogP contribution in [-0.4, -0.2) is 42.7 Å². The minimum Gasteiger partial charge on any atom is -0.370 e. The molecule has 0 unspecified atom stereocenters. The molecule has 1 aromatic heterocycles. The fourth-order valence-corrected chi connectivity index (χ4v) is 3.23. The second-order valence-electron chi connectivity index (χ2n) is 6.71. The van der Waals surface area contributed by atoms with Gasteiger partial charge >= 0.3 is 0 Å². The highest BCUT2D eigenvalue weighted by atomic mass is 15.3. The first-order valence-corrected chi connectivity index (χ1v) is 9.39. The fourth-order valence-electron chi connectivity index (χ4n) is 3.23. The molecule has 1 N–H and O–H groups in total. The third-order valence-corrected chi connectivity index (χ3v) is 4.71. The summed E-state index contributed by atoms with van der Waals surface area (Å²) in [5.41, 5.74) is 2.63. The summed E-state index contributed by atoms with van der Waals surface area (Å²) in [6, 6.07) is 10.8. The predicted octanol–water partition coefficient (Wildman–Crippen LogP) is 3.71. The standard InChI is InChI=1S/C20H29N5/c1-3-4-5-9-21-19-15-20(23-16-22-19)25-12-10-24(11-13-25)18-8-6-7-17(2)14-18/h6-8,14-16H,3-5,9-13H2,1-2H3,(H,21,22,23). The van der Waals surface area contributed by atoms with Crippen LogP contribution in [0, 0.1) is 6.92 Å². The highest BCUT2D eigenvalue weighted by Crippen LogP contribution is 2.21. The van der Waals surface area contributed by atoms with Crippen molar-refractivity contribution in [2.24, 2.45) is 0 Å². The van der Waals surface area contributed by atoms with Gasteiger partial charge in [0, 0.05) is 44.5 Å². The molecular weight excluding hydrogens is 310 g/mol. The molecule has 25 heavy (non-hydrogen) atoms. The minimum atomic E-state index is 0.933. The maximum absolute atomic E-state index is 4.48. The van der Waals surface area contributed by atoms with E-state index in [0.717, 1.165) is 44.4 Å². The summed E-state index contributed by atoms with van der Waals surface area (Å²) in [5.74, 6) is 1.96. The lowest BCUT2D eigenvalue weighted by Gasteiger charge is -2.36. The van der Waals surface area contributed by atoms with Crippen molar-refractivity contribution >= 4 is 17.3 Å². The van der Waals surface area contributed by atoms with Gasteiger partial charge in [-0.2, -0.15) is 0 Å². The fraction of sp³-hybridized carbons (Fsp3) is 0.500. The summed E-state index contributed by atoms with van der Waals surface area (Å²) in [7, 11) is 0. The van der Waals surface area contributed by atoms with Gasteiger partial charge in [-0.05, 0) is 31.0 Å². The molecule has 5 nitrogen and oxygen atoms in total. The first-order valence-electron chi connectivity index (χ1n) is 9.39. The molecule has 1 fully saturated rings. The summed E-state index contributed by atoms with van der Waals surface area (Å²) in [6.07, 6.45) is 5.35. The average molecular weight is 339 g/mol. The highest BCUT2D eigenvalue weighted by molar-refractivity contribution is 5.53. The molecule has 0 saturated carbocycles. The third-order valence-electron chi connectivity index (χ3n) is 4.71. The minimum absolute atomic E-state index is 0.933. The molecule has 1 aliphatic rings. The molecule has 0 aliphatic carbocycles. The van der Waals surface area contributed by atoms with E-state index in [-0.39, 0.29) is 0 Å². The average Bonchev–Trinajstić information content (AvgIpc) is 2.66. The molecule has 5 heteroatoms. The van der Waals surface area contributed by atoms with E-state index in [1.54, 1.807) is 6.33 Å². The number of piperazine rings is 1. The van der Waals surface area contributed by atoms with E-state index >= 15 is 0 Å². The van der Waals surface area contributed by atoms with Crippen molar-refractivity contribution in [3.05, 3.63) is 42.2 Å². The quantitative estimate of drug-likeness (QED) is 0.779. The van der Waals surface area contributed by atoms with Crippen molar-refractivity contribution in [2.75, 3.05) is 47.8 Å². The van der Waals surface area contributed by atoms with Gasteiger partial charge < -0.3 is 15.1 Å². The Bertz CT molecular complexity index is 665. The van der Waals surface area contributed by atoms with Crippen molar-refractivity contribution in [1.82, 2.24) is 9.97 Å². The molecule has 0 atom stereocenters. The number of rotatable bonds is 7. The Balaban J connectivity index is 1.55. The van der Waals surface area contributed by atoms with Crippen molar-refractivity contribution in [1.29, 1.82) is 0 Å². The Labute approximate surface area is 151 Å². The van der Waals surface area contributed by atoms with Crippen LogP contribution in [0.4, 0.5) is 17.3 Å². The van der Waals surface area contributed by atoms with Crippen LogP contribution in [0.5, 0.6) is 0 Å². The topological polar surface area (TPSA) is 44.3 Å². The lowest BCUT2D eigenvalue weighted by molar-refractivity contribution is 0.646. The van der Waals surface area contributed by atoms with Crippen LogP contribution in [0.1, 0.15) is 31.7 Å². The largest absolute Gasteiger partial charge is 0.370 e. The molecule has 0 amide bonds. The Morgan fingerprint density at radius 3 is 2.56 bits per heavy atom. The van der Waals surface area contributed by atoms with E-state index < -0.39 is 0 Å². The van der Waals surface area contributed by atoms with Crippen LogP contribution in [0.25, 0.3) is 0 Å². The zero-order valence-corrected chi connectivity index (χ0v) is 15.4. The monoisotopic (exact) mass is 339 g/mol. The number of anilines is 3. The Hall–Kier alpha value is -2.30. The molecule has 1 saturated heterocycles. The van der Waals surface area contributed by atoms with Crippen molar-refractivity contribution in [3.63, 3.8) is 0 Å². The zero-order valence-electron chi connectivity index (χ0n) is 15.4. The van der Waals surface area contributed by atoms with Crippen LogP contribution >= 0.6 is 0 Å². The van der Waals surface area contributed by atoms with Gasteiger partial charge in [0.1, 0.15) is 18.0 Å². The second-order valence-corrected chi connectivity index (χ2v) is 6.71. The predicted molar refractivity (Wildman–Crippen MR) is 106 cm³/mol. The van der Waals surface area contributed by atoms with Crippen molar-refractivity contribution in [2.45, 2.75) is 33.1 Å². The van der Waals surface area contributed by atoms with Crippen LogP contribution in [0.15, 0.2) is 36.7 Å². The number of aromatic nitrogens is 2. The second kappa shape index (κ2) is 8.70. The van der Waals surface area contributed by atoms with Gasteiger partial charge in [0.05, 0.1) is 0 Å². The molecule has 0 radical (unpaired) electrons. The van der Waals surface area contributed by atoms with Crippen LogP contribution < -0.4 is 15.1 Å². The van der Waals surface area contributed by atoms with Crippen molar-refractivity contribution in [3.8, 4) is 0 Å². The van der Waals surface area contributed by atoms with Gasteiger partial charge in [-0.25, -0.2) is 9.97 Å².